The van der Waals surface area contributed by atoms with Gasteiger partial charge in [-0.3, -0.25) is 9.59 Å². The molecular weight excluding hydrogens is 378 g/mol. The van der Waals surface area contributed by atoms with E-state index in [1.54, 1.807) is 0 Å². The molecule has 1 aliphatic rings. The van der Waals surface area contributed by atoms with Gasteiger partial charge in [0.2, 0.25) is 11.8 Å². The molecule has 2 aromatic rings. The van der Waals surface area contributed by atoms with Crippen LogP contribution in [0.1, 0.15) is 20.3 Å². The molecule has 0 bridgehead atoms. The number of thioether (sulfide) groups is 1. The molecule has 1 aromatic carbocycles. The lowest BCUT2D eigenvalue weighted by Gasteiger charge is -2.35. The normalized spacial score (nSPS) is 19.7. The third-order valence-electron chi connectivity index (χ3n) is 4.50. The third kappa shape index (κ3) is 5.81. The summed E-state index contributed by atoms with van der Waals surface area (Å²) < 4.78 is 0. The SMILES string of the molecule is C[C@@H]1C[C@H](C)CN(C(=O)CSCC(=O)Nc2nc(-c3ccccc3)cs2)C1. The number of nitrogens with zero attached hydrogens (tertiary/aromatic N) is 2. The first-order valence-electron chi connectivity index (χ1n) is 9.17. The van der Waals surface area contributed by atoms with E-state index in [2.05, 4.69) is 24.1 Å². The Bertz CT molecular complexity index is 769. The van der Waals surface area contributed by atoms with Crippen molar-refractivity contribution < 1.29 is 9.59 Å². The lowest BCUT2D eigenvalue weighted by molar-refractivity contribution is -0.130. The molecule has 0 spiro atoms. The third-order valence-corrected chi connectivity index (χ3v) is 6.18. The number of amides is 2. The number of hydrogen-bond acceptors (Lipinski definition) is 5. The smallest absolute Gasteiger partial charge is 0.236 e. The molecule has 1 aliphatic heterocycles. The van der Waals surface area contributed by atoms with Crippen molar-refractivity contribution in [3.8, 4) is 11.3 Å². The van der Waals surface area contributed by atoms with Gasteiger partial charge in [-0.2, -0.15) is 0 Å². The Morgan fingerprint density at radius 1 is 1.19 bits per heavy atom. The van der Waals surface area contributed by atoms with Crippen molar-refractivity contribution in [1.29, 1.82) is 0 Å². The Balaban J connectivity index is 1.42. The average molecular weight is 404 g/mol. The molecule has 1 aromatic heterocycles. The highest BCUT2D eigenvalue weighted by Crippen LogP contribution is 2.25. The van der Waals surface area contributed by atoms with E-state index in [0.29, 0.717) is 22.7 Å². The molecule has 2 atom stereocenters. The number of hydrogen-bond donors (Lipinski definition) is 1. The number of likely N-dealkylation sites (tertiary alicyclic amines) is 1. The second-order valence-electron chi connectivity index (χ2n) is 7.19. The van der Waals surface area contributed by atoms with Crippen molar-refractivity contribution in [2.75, 3.05) is 29.9 Å². The zero-order chi connectivity index (χ0) is 19.2. The highest BCUT2D eigenvalue weighted by molar-refractivity contribution is 8.00. The summed E-state index contributed by atoms with van der Waals surface area (Å²) in [5.41, 5.74) is 1.88. The zero-order valence-electron chi connectivity index (χ0n) is 15.7. The summed E-state index contributed by atoms with van der Waals surface area (Å²) in [5, 5.41) is 5.34. The van der Waals surface area contributed by atoms with Gasteiger partial charge in [0, 0.05) is 24.0 Å². The van der Waals surface area contributed by atoms with Crippen molar-refractivity contribution in [3.63, 3.8) is 0 Å². The summed E-state index contributed by atoms with van der Waals surface area (Å²) in [4.78, 5) is 30.9. The van der Waals surface area contributed by atoms with Crippen LogP contribution in [0.3, 0.4) is 0 Å². The number of carbonyl (C=O) groups is 2. The van der Waals surface area contributed by atoms with Gasteiger partial charge in [-0.1, -0.05) is 44.2 Å². The Labute approximate surface area is 168 Å². The number of aromatic nitrogens is 1. The first-order valence-corrected chi connectivity index (χ1v) is 11.2. The van der Waals surface area contributed by atoms with E-state index in [9.17, 15) is 9.59 Å². The molecule has 3 rings (SSSR count). The monoisotopic (exact) mass is 403 g/mol. The standard InChI is InChI=1S/C20H25N3O2S2/c1-14-8-15(2)10-23(9-14)19(25)13-26-12-18(24)22-20-21-17(11-27-20)16-6-4-3-5-7-16/h3-7,11,14-15H,8-10,12-13H2,1-2H3,(H,21,22,24)/t14-,15+. The van der Waals surface area contributed by atoms with Crippen molar-refractivity contribution in [1.82, 2.24) is 9.88 Å². The van der Waals surface area contributed by atoms with Gasteiger partial charge in [0.1, 0.15) is 0 Å². The summed E-state index contributed by atoms with van der Waals surface area (Å²) in [6, 6.07) is 9.87. The summed E-state index contributed by atoms with van der Waals surface area (Å²) in [6.45, 7) is 6.04. The maximum absolute atomic E-state index is 12.4. The first kappa shape index (κ1) is 19.9. The van der Waals surface area contributed by atoms with Crippen molar-refractivity contribution >= 4 is 40.0 Å². The van der Waals surface area contributed by atoms with Gasteiger partial charge in [0.15, 0.2) is 5.13 Å². The molecular formula is C20H25N3O2S2. The van der Waals surface area contributed by atoms with Gasteiger partial charge in [0.05, 0.1) is 17.2 Å². The lowest BCUT2D eigenvalue weighted by atomic mass is 9.92. The summed E-state index contributed by atoms with van der Waals surface area (Å²) >= 11 is 2.77. The first-order chi connectivity index (χ1) is 13.0. The van der Waals surface area contributed by atoms with Crippen LogP contribution in [0.15, 0.2) is 35.7 Å². The van der Waals surface area contributed by atoms with Crippen LogP contribution < -0.4 is 5.32 Å². The molecule has 1 N–H and O–H groups in total. The molecule has 0 unspecified atom stereocenters. The van der Waals surface area contributed by atoms with Crippen LogP contribution in [-0.4, -0.2) is 46.3 Å². The van der Waals surface area contributed by atoms with Gasteiger partial charge >= 0.3 is 0 Å². The number of piperidine rings is 1. The van der Waals surface area contributed by atoms with Crippen LogP contribution >= 0.6 is 23.1 Å². The van der Waals surface area contributed by atoms with Crippen molar-refractivity contribution in [2.45, 2.75) is 20.3 Å². The largest absolute Gasteiger partial charge is 0.341 e. The number of anilines is 1. The van der Waals surface area contributed by atoms with Crippen molar-refractivity contribution in [3.05, 3.63) is 35.7 Å². The van der Waals surface area contributed by atoms with E-state index >= 15 is 0 Å². The average Bonchev–Trinajstić information content (AvgIpc) is 3.10. The summed E-state index contributed by atoms with van der Waals surface area (Å²) in [7, 11) is 0. The van der Waals surface area contributed by atoms with E-state index in [-0.39, 0.29) is 17.6 Å². The molecule has 2 heterocycles. The fourth-order valence-corrected chi connectivity index (χ4v) is 4.87. The summed E-state index contributed by atoms with van der Waals surface area (Å²) in [5.74, 6) is 1.71. The van der Waals surface area contributed by atoms with Crippen LogP contribution in [0.25, 0.3) is 11.3 Å². The Kier molecular flexibility index (Phi) is 6.90. The number of benzene rings is 1. The minimum absolute atomic E-state index is 0.123. The number of nitrogens with one attached hydrogen (secondary N) is 1. The van der Waals surface area contributed by atoms with E-state index in [1.165, 1.54) is 29.5 Å². The van der Waals surface area contributed by atoms with E-state index < -0.39 is 0 Å². The van der Waals surface area contributed by atoms with E-state index in [4.69, 9.17) is 0 Å². The lowest BCUT2D eigenvalue weighted by Crippen LogP contribution is -2.43. The Morgan fingerprint density at radius 2 is 1.89 bits per heavy atom. The fraction of sp³-hybridized carbons (Fsp3) is 0.450. The second-order valence-corrected chi connectivity index (χ2v) is 9.03. The summed E-state index contributed by atoms with van der Waals surface area (Å²) in [6.07, 6.45) is 1.18. The topological polar surface area (TPSA) is 62.3 Å². The quantitative estimate of drug-likeness (QED) is 0.792. The minimum atomic E-state index is -0.123. The van der Waals surface area contributed by atoms with Crippen LogP contribution in [0.2, 0.25) is 0 Å². The van der Waals surface area contributed by atoms with Gasteiger partial charge in [0.25, 0.3) is 0 Å². The second kappa shape index (κ2) is 9.37. The fourth-order valence-electron chi connectivity index (χ4n) is 3.42. The molecule has 27 heavy (non-hydrogen) atoms. The maximum atomic E-state index is 12.4. The van der Waals surface area contributed by atoms with Crippen LogP contribution in [0, 0.1) is 11.8 Å². The van der Waals surface area contributed by atoms with Crippen molar-refractivity contribution in [2.24, 2.45) is 11.8 Å². The zero-order valence-corrected chi connectivity index (χ0v) is 17.3. The molecule has 1 fully saturated rings. The highest BCUT2D eigenvalue weighted by atomic mass is 32.2. The van der Waals surface area contributed by atoms with E-state index in [0.717, 1.165) is 24.3 Å². The number of rotatable bonds is 6. The molecule has 1 saturated heterocycles. The molecule has 7 heteroatoms. The number of carbonyl (C=O) groups excluding carboxylic acids is 2. The molecule has 144 valence electrons. The van der Waals surface area contributed by atoms with Gasteiger partial charge < -0.3 is 10.2 Å². The molecule has 2 amide bonds. The van der Waals surface area contributed by atoms with Crippen LogP contribution in [0.5, 0.6) is 0 Å². The molecule has 0 saturated carbocycles. The van der Waals surface area contributed by atoms with Gasteiger partial charge in [-0.05, 0) is 18.3 Å². The molecule has 0 aliphatic carbocycles. The number of thiazole rings is 1. The van der Waals surface area contributed by atoms with Gasteiger partial charge in [-0.15, -0.1) is 23.1 Å². The van der Waals surface area contributed by atoms with Crippen LogP contribution in [0.4, 0.5) is 5.13 Å². The van der Waals surface area contributed by atoms with Crippen LogP contribution in [-0.2, 0) is 9.59 Å². The molecule has 0 radical (unpaired) electrons. The predicted molar refractivity (Wildman–Crippen MR) is 113 cm³/mol. The Hall–Kier alpha value is -1.86. The van der Waals surface area contributed by atoms with Gasteiger partial charge in [-0.25, -0.2) is 4.98 Å². The highest BCUT2D eigenvalue weighted by Gasteiger charge is 2.25. The molecule has 5 nitrogen and oxygen atoms in total. The minimum Gasteiger partial charge on any atom is -0.341 e. The van der Waals surface area contributed by atoms with E-state index in [1.807, 2.05) is 40.6 Å². The Morgan fingerprint density at radius 3 is 2.59 bits per heavy atom. The predicted octanol–water partition coefficient (Wildman–Crippen LogP) is 3.99. The maximum Gasteiger partial charge on any atom is 0.236 e.